The third-order valence-corrected chi connectivity index (χ3v) is 3.61. The Kier molecular flexibility index (Phi) is 3.48. The zero-order valence-corrected chi connectivity index (χ0v) is 10.6. The normalized spacial score (nSPS) is 19.6. The zero-order valence-electron chi connectivity index (χ0n) is 10.6. The SMILES string of the molecule is CC(CN(C)CC1Cc2ccccc21)C(=N)N. The molecule has 0 heterocycles. The van der Waals surface area contributed by atoms with Gasteiger partial charge < -0.3 is 10.6 Å². The lowest BCUT2D eigenvalue weighted by molar-refractivity contribution is 0.283. The highest BCUT2D eigenvalue weighted by molar-refractivity contribution is 5.79. The Balaban J connectivity index is 1.86. The maximum Gasteiger partial charge on any atom is 0.0947 e. The Bertz CT molecular complexity index is 414. The van der Waals surface area contributed by atoms with Gasteiger partial charge in [0.2, 0.25) is 0 Å². The molecule has 0 aliphatic heterocycles. The molecule has 0 fully saturated rings. The van der Waals surface area contributed by atoms with E-state index in [1.54, 1.807) is 0 Å². The van der Waals surface area contributed by atoms with Crippen LogP contribution in [0.4, 0.5) is 0 Å². The van der Waals surface area contributed by atoms with Crippen LogP contribution < -0.4 is 5.73 Å². The van der Waals surface area contributed by atoms with Crippen LogP contribution in [0.2, 0.25) is 0 Å². The van der Waals surface area contributed by atoms with Crippen molar-refractivity contribution in [2.24, 2.45) is 11.7 Å². The lowest BCUT2D eigenvalue weighted by atomic mass is 9.77. The van der Waals surface area contributed by atoms with E-state index < -0.39 is 0 Å². The molecule has 0 spiro atoms. The zero-order chi connectivity index (χ0) is 12.4. The summed E-state index contributed by atoms with van der Waals surface area (Å²) in [6, 6.07) is 8.66. The Hall–Kier alpha value is -1.35. The molecule has 3 heteroatoms. The number of likely N-dealkylation sites (N-methyl/N-ethyl adjacent to an activating group) is 1. The van der Waals surface area contributed by atoms with Crippen LogP contribution in [0, 0.1) is 11.3 Å². The van der Waals surface area contributed by atoms with Crippen LogP contribution in [0.3, 0.4) is 0 Å². The minimum absolute atomic E-state index is 0.148. The van der Waals surface area contributed by atoms with E-state index in [9.17, 15) is 0 Å². The predicted octanol–water partition coefficient (Wildman–Crippen LogP) is 1.83. The first-order chi connectivity index (χ1) is 8.08. The fourth-order valence-electron chi connectivity index (χ4n) is 2.54. The number of nitrogens with one attached hydrogen (secondary N) is 1. The number of hydrogen-bond donors (Lipinski definition) is 2. The second-order valence-corrected chi connectivity index (χ2v) is 5.18. The van der Waals surface area contributed by atoms with Gasteiger partial charge in [0, 0.05) is 24.9 Å². The molecule has 1 aliphatic carbocycles. The van der Waals surface area contributed by atoms with Crippen LogP contribution >= 0.6 is 0 Å². The standard InChI is InChI=1S/C14H21N3/c1-10(14(15)16)8-17(2)9-12-7-11-5-3-4-6-13(11)12/h3-6,10,12H,7-9H2,1-2H3,(H3,15,16). The van der Waals surface area contributed by atoms with E-state index in [0.717, 1.165) is 13.1 Å². The summed E-state index contributed by atoms with van der Waals surface area (Å²) in [7, 11) is 2.11. The maximum absolute atomic E-state index is 7.40. The fraction of sp³-hybridized carbons (Fsp3) is 0.500. The van der Waals surface area contributed by atoms with Gasteiger partial charge >= 0.3 is 0 Å². The average molecular weight is 231 g/mol. The number of nitrogens with two attached hydrogens (primary N) is 1. The smallest absolute Gasteiger partial charge is 0.0947 e. The molecule has 1 aromatic rings. The van der Waals surface area contributed by atoms with Crippen LogP contribution in [0.1, 0.15) is 24.0 Å². The first-order valence-corrected chi connectivity index (χ1v) is 6.18. The van der Waals surface area contributed by atoms with Gasteiger partial charge in [-0.2, -0.15) is 0 Å². The highest BCUT2D eigenvalue weighted by Gasteiger charge is 2.26. The summed E-state index contributed by atoms with van der Waals surface area (Å²) in [5.41, 5.74) is 8.48. The van der Waals surface area contributed by atoms with Gasteiger partial charge in [0.05, 0.1) is 5.84 Å². The summed E-state index contributed by atoms with van der Waals surface area (Å²) >= 11 is 0. The van der Waals surface area contributed by atoms with Crippen LogP contribution in [-0.4, -0.2) is 30.9 Å². The number of benzene rings is 1. The van der Waals surface area contributed by atoms with Crippen molar-refractivity contribution in [1.82, 2.24) is 4.90 Å². The monoisotopic (exact) mass is 231 g/mol. The molecule has 3 nitrogen and oxygen atoms in total. The molecule has 0 bridgehead atoms. The molecule has 0 radical (unpaired) electrons. The van der Waals surface area contributed by atoms with Gasteiger partial charge in [-0.25, -0.2) is 0 Å². The van der Waals surface area contributed by atoms with Crippen molar-refractivity contribution in [1.29, 1.82) is 5.41 Å². The average Bonchev–Trinajstić information content (AvgIpc) is 2.25. The van der Waals surface area contributed by atoms with Crippen LogP contribution in [-0.2, 0) is 6.42 Å². The molecular weight excluding hydrogens is 210 g/mol. The molecule has 2 atom stereocenters. The molecule has 1 aliphatic rings. The third-order valence-electron chi connectivity index (χ3n) is 3.61. The molecule has 1 aromatic carbocycles. The molecule has 0 saturated heterocycles. The summed E-state index contributed by atoms with van der Waals surface area (Å²) in [4.78, 5) is 2.28. The second-order valence-electron chi connectivity index (χ2n) is 5.18. The molecule has 0 aromatic heterocycles. The van der Waals surface area contributed by atoms with E-state index in [2.05, 4.69) is 36.2 Å². The van der Waals surface area contributed by atoms with Crippen molar-refractivity contribution >= 4 is 5.84 Å². The molecule has 2 unspecified atom stereocenters. The predicted molar refractivity (Wildman–Crippen MR) is 71.5 cm³/mol. The number of fused-ring (bicyclic) bond motifs is 1. The Morgan fingerprint density at radius 1 is 1.53 bits per heavy atom. The van der Waals surface area contributed by atoms with E-state index in [0.29, 0.717) is 5.92 Å². The summed E-state index contributed by atoms with van der Waals surface area (Å²) in [6.07, 6.45) is 1.19. The lowest BCUT2D eigenvalue weighted by Gasteiger charge is -2.34. The van der Waals surface area contributed by atoms with Crippen molar-refractivity contribution < 1.29 is 0 Å². The van der Waals surface area contributed by atoms with Gasteiger partial charge in [-0.15, -0.1) is 0 Å². The van der Waals surface area contributed by atoms with E-state index in [-0.39, 0.29) is 11.8 Å². The largest absolute Gasteiger partial charge is 0.387 e. The van der Waals surface area contributed by atoms with Gasteiger partial charge in [0.15, 0.2) is 0 Å². The molecule has 2 rings (SSSR count). The summed E-state index contributed by atoms with van der Waals surface area (Å²) in [6.45, 7) is 3.94. The number of hydrogen-bond acceptors (Lipinski definition) is 2. The topological polar surface area (TPSA) is 53.1 Å². The molecule has 17 heavy (non-hydrogen) atoms. The lowest BCUT2D eigenvalue weighted by Crippen LogP contribution is -2.36. The molecule has 3 N–H and O–H groups in total. The molecule has 0 amide bonds. The Morgan fingerprint density at radius 2 is 2.24 bits per heavy atom. The van der Waals surface area contributed by atoms with Crippen molar-refractivity contribution in [3.63, 3.8) is 0 Å². The van der Waals surface area contributed by atoms with E-state index >= 15 is 0 Å². The van der Waals surface area contributed by atoms with E-state index in [4.69, 9.17) is 11.1 Å². The number of amidine groups is 1. The molecule has 0 saturated carbocycles. The molecular formula is C14H21N3. The van der Waals surface area contributed by atoms with Gasteiger partial charge in [-0.05, 0) is 24.6 Å². The quantitative estimate of drug-likeness (QED) is 0.600. The van der Waals surface area contributed by atoms with Crippen LogP contribution in [0.15, 0.2) is 24.3 Å². The van der Waals surface area contributed by atoms with Crippen molar-refractivity contribution in [3.8, 4) is 0 Å². The minimum atomic E-state index is 0.148. The Morgan fingerprint density at radius 3 is 2.88 bits per heavy atom. The Labute approximate surface area is 103 Å². The number of rotatable bonds is 5. The maximum atomic E-state index is 7.40. The minimum Gasteiger partial charge on any atom is -0.387 e. The highest BCUT2D eigenvalue weighted by atomic mass is 15.1. The van der Waals surface area contributed by atoms with Gasteiger partial charge in [-0.1, -0.05) is 31.2 Å². The number of nitrogens with zero attached hydrogens (tertiary/aromatic N) is 1. The molecule has 92 valence electrons. The van der Waals surface area contributed by atoms with E-state index in [1.165, 1.54) is 17.5 Å². The third kappa shape index (κ3) is 2.67. The van der Waals surface area contributed by atoms with Gasteiger partial charge in [0.1, 0.15) is 0 Å². The summed E-state index contributed by atoms with van der Waals surface area (Å²) in [5.74, 6) is 1.09. The summed E-state index contributed by atoms with van der Waals surface area (Å²) in [5, 5.41) is 7.40. The van der Waals surface area contributed by atoms with Crippen molar-refractivity contribution in [3.05, 3.63) is 35.4 Å². The highest BCUT2D eigenvalue weighted by Crippen LogP contribution is 2.35. The van der Waals surface area contributed by atoms with Crippen molar-refractivity contribution in [2.45, 2.75) is 19.3 Å². The van der Waals surface area contributed by atoms with E-state index in [1.807, 2.05) is 6.92 Å². The summed E-state index contributed by atoms with van der Waals surface area (Å²) < 4.78 is 0. The van der Waals surface area contributed by atoms with Crippen LogP contribution in [0.5, 0.6) is 0 Å². The first-order valence-electron chi connectivity index (χ1n) is 6.18. The van der Waals surface area contributed by atoms with Crippen molar-refractivity contribution in [2.75, 3.05) is 20.1 Å². The first kappa shape index (κ1) is 12.1. The van der Waals surface area contributed by atoms with Crippen LogP contribution in [0.25, 0.3) is 0 Å². The second kappa shape index (κ2) is 4.88. The fourth-order valence-corrected chi connectivity index (χ4v) is 2.54. The van der Waals surface area contributed by atoms with Gasteiger partial charge in [0.25, 0.3) is 0 Å². The van der Waals surface area contributed by atoms with Gasteiger partial charge in [-0.3, -0.25) is 5.41 Å².